The highest BCUT2D eigenvalue weighted by Gasteiger charge is 2.25. The fraction of sp³-hybridized carbons (Fsp3) is 0.263. The zero-order valence-corrected chi connectivity index (χ0v) is 17.0. The van der Waals surface area contributed by atoms with Crippen LogP contribution in [0.15, 0.2) is 47.4 Å². The van der Waals surface area contributed by atoms with E-state index in [0.29, 0.717) is 52.2 Å². The van der Waals surface area contributed by atoms with Crippen molar-refractivity contribution in [1.29, 1.82) is 0 Å². The molecule has 2 amide bonds. The first-order chi connectivity index (χ1) is 12.8. The van der Waals surface area contributed by atoms with E-state index >= 15 is 0 Å². The highest BCUT2D eigenvalue weighted by atomic mass is 35.5. The van der Waals surface area contributed by atoms with E-state index in [2.05, 4.69) is 0 Å². The molecule has 1 aliphatic heterocycles. The summed E-state index contributed by atoms with van der Waals surface area (Å²) in [4.78, 5) is 29.3. The second-order valence-electron chi connectivity index (χ2n) is 6.22. The van der Waals surface area contributed by atoms with Crippen molar-refractivity contribution in [3.8, 4) is 0 Å². The van der Waals surface area contributed by atoms with Gasteiger partial charge in [0.25, 0.3) is 11.8 Å². The molecule has 0 saturated carbocycles. The topological polar surface area (TPSA) is 57.7 Å². The van der Waals surface area contributed by atoms with Gasteiger partial charge in [0.15, 0.2) is 0 Å². The van der Waals surface area contributed by atoms with Crippen LogP contribution in [0.5, 0.6) is 0 Å². The van der Waals surface area contributed by atoms with Gasteiger partial charge in [0.2, 0.25) is 0 Å². The zero-order valence-electron chi connectivity index (χ0n) is 14.7. The van der Waals surface area contributed by atoms with Crippen LogP contribution in [0.4, 0.5) is 0 Å². The maximum atomic E-state index is 12.6. The van der Waals surface area contributed by atoms with Crippen LogP contribution < -0.4 is 0 Å². The van der Waals surface area contributed by atoms with E-state index in [0.717, 1.165) is 0 Å². The fourth-order valence-electron chi connectivity index (χ4n) is 2.94. The third-order valence-corrected chi connectivity index (χ3v) is 5.77. The van der Waals surface area contributed by atoms with E-state index in [1.54, 1.807) is 58.5 Å². The maximum Gasteiger partial charge on any atom is 0.254 e. The normalized spacial score (nSPS) is 15.5. The molecule has 0 spiro atoms. The Bertz CT molecular complexity index is 874. The lowest BCUT2D eigenvalue weighted by atomic mass is 10.1. The predicted molar refractivity (Wildman–Crippen MR) is 107 cm³/mol. The van der Waals surface area contributed by atoms with Crippen LogP contribution in [-0.2, 0) is 10.8 Å². The first-order valence-electron chi connectivity index (χ1n) is 8.33. The number of hydrogen-bond donors (Lipinski definition) is 0. The minimum Gasteiger partial charge on any atom is -0.335 e. The summed E-state index contributed by atoms with van der Waals surface area (Å²) in [7, 11) is -1.07. The van der Waals surface area contributed by atoms with Gasteiger partial charge in [-0.05, 0) is 42.5 Å². The van der Waals surface area contributed by atoms with Crippen molar-refractivity contribution in [2.45, 2.75) is 4.90 Å². The minimum atomic E-state index is -1.07. The van der Waals surface area contributed by atoms with Crippen molar-refractivity contribution < 1.29 is 13.8 Å². The summed E-state index contributed by atoms with van der Waals surface area (Å²) in [5.41, 5.74) is 0.987. The lowest BCUT2D eigenvalue weighted by Gasteiger charge is -2.35. The second kappa shape index (κ2) is 8.42. The number of hydrogen-bond acceptors (Lipinski definition) is 3. The summed E-state index contributed by atoms with van der Waals surface area (Å²) in [5, 5.41) is 0.826. The van der Waals surface area contributed by atoms with Gasteiger partial charge in [0.05, 0.1) is 0 Å². The highest BCUT2D eigenvalue weighted by Crippen LogP contribution is 2.21. The third kappa shape index (κ3) is 4.69. The predicted octanol–water partition coefficient (Wildman–Crippen LogP) is 3.33. The summed E-state index contributed by atoms with van der Waals surface area (Å²) in [5.74, 6) is -0.248. The second-order valence-corrected chi connectivity index (χ2v) is 8.47. The van der Waals surface area contributed by atoms with Gasteiger partial charge in [-0.25, -0.2) is 0 Å². The van der Waals surface area contributed by atoms with E-state index < -0.39 is 10.8 Å². The van der Waals surface area contributed by atoms with Gasteiger partial charge >= 0.3 is 0 Å². The zero-order chi connectivity index (χ0) is 19.6. The molecule has 5 nitrogen and oxygen atoms in total. The van der Waals surface area contributed by atoms with E-state index in [4.69, 9.17) is 23.2 Å². The van der Waals surface area contributed by atoms with Crippen LogP contribution in [0.2, 0.25) is 10.0 Å². The van der Waals surface area contributed by atoms with Crippen molar-refractivity contribution in [1.82, 2.24) is 9.80 Å². The van der Waals surface area contributed by atoms with Gasteiger partial charge in [-0.15, -0.1) is 0 Å². The van der Waals surface area contributed by atoms with Crippen LogP contribution >= 0.6 is 23.2 Å². The summed E-state index contributed by atoms with van der Waals surface area (Å²) in [6.07, 6.45) is 1.60. The van der Waals surface area contributed by atoms with Crippen LogP contribution in [0.25, 0.3) is 0 Å². The number of rotatable bonds is 3. The number of amides is 2. The number of nitrogens with zero attached hydrogens (tertiary/aromatic N) is 2. The van der Waals surface area contributed by atoms with Crippen LogP contribution in [-0.4, -0.2) is 58.3 Å². The molecule has 0 N–H and O–H groups in total. The molecule has 1 saturated heterocycles. The summed E-state index contributed by atoms with van der Waals surface area (Å²) in [6, 6.07) is 11.5. The molecular formula is C19H18Cl2N2O3S. The van der Waals surface area contributed by atoms with Crippen molar-refractivity contribution >= 4 is 45.8 Å². The standard InChI is InChI=1S/C19H18Cl2N2O3S/c1-27(26)17-4-2-13(3-5-17)18(24)22-6-8-23(9-7-22)19(25)14-10-15(20)12-16(21)11-14/h2-5,10-12H,6-9H2,1H3. The van der Waals surface area contributed by atoms with Gasteiger partial charge in [0, 0.05) is 69.3 Å². The Morgan fingerprint density at radius 2 is 1.26 bits per heavy atom. The average Bonchev–Trinajstić information content (AvgIpc) is 2.66. The third-order valence-electron chi connectivity index (χ3n) is 4.40. The molecule has 0 aromatic heterocycles. The first-order valence-corrected chi connectivity index (χ1v) is 10.6. The highest BCUT2D eigenvalue weighted by molar-refractivity contribution is 7.84. The minimum absolute atomic E-state index is 0.0960. The number of halogens is 2. The van der Waals surface area contributed by atoms with Gasteiger partial charge < -0.3 is 9.80 Å². The van der Waals surface area contributed by atoms with E-state index in [-0.39, 0.29) is 11.8 Å². The SMILES string of the molecule is CS(=O)c1ccc(C(=O)N2CCN(C(=O)c3cc(Cl)cc(Cl)c3)CC2)cc1. The Labute approximate surface area is 170 Å². The van der Waals surface area contributed by atoms with Crippen molar-refractivity contribution in [2.75, 3.05) is 32.4 Å². The average molecular weight is 425 g/mol. The summed E-state index contributed by atoms with van der Waals surface area (Å²) in [6.45, 7) is 1.76. The number of carbonyl (C=O) groups is 2. The van der Waals surface area contributed by atoms with Crippen LogP contribution in [0, 0.1) is 0 Å². The molecule has 0 radical (unpaired) electrons. The molecule has 1 aliphatic rings. The molecule has 1 unspecified atom stereocenters. The Kier molecular flexibility index (Phi) is 6.19. The Hall–Kier alpha value is -1.89. The van der Waals surface area contributed by atoms with Crippen molar-refractivity contribution in [3.63, 3.8) is 0 Å². The number of piperazine rings is 1. The molecule has 3 rings (SSSR count). The molecule has 142 valence electrons. The Morgan fingerprint density at radius 1 is 0.815 bits per heavy atom. The Balaban J connectivity index is 1.63. The van der Waals surface area contributed by atoms with Crippen molar-refractivity contribution in [2.24, 2.45) is 0 Å². The fourth-order valence-corrected chi connectivity index (χ4v) is 3.99. The molecule has 2 aromatic rings. The number of carbonyl (C=O) groups excluding carboxylic acids is 2. The van der Waals surface area contributed by atoms with Gasteiger partial charge in [-0.1, -0.05) is 23.2 Å². The van der Waals surface area contributed by atoms with Crippen LogP contribution in [0.3, 0.4) is 0 Å². The molecule has 1 heterocycles. The first kappa shape index (κ1) is 19.9. The molecular weight excluding hydrogens is 407 g/mol. The van der Waals surface area contributed by atoms with Gasteiger partial charge in [0.1, 0.15) is 0 Å². The van der Waals surface area contributed by atoms with E-state index in [1.165, 1.54) is 0 Å². The van der Waals surface area contributed by atoms with E-state index in [1.807, 2.05) is 0 Å². The summed E-state index contributed by atoms with van der Waals surface area (Å²) < 4.78 is 11.4. The van der Waals surface area contributed by atoms with Crippen LogP contribution in [0.1, 0.15) is 20.7 Å². The molecule has 2 aromatic carbocycles. The molecule has 0 aliphatic carbocycles. The smallest absolute Gasteiger partial charge is 0.254 e. The molecule has 1 atom stereocenters. The van der Waals surface area contributed by atoms with E-state index in [9.17, 15) is 13.8 Å². The number of benzene rings is 2. The van der Waals surface area contributed by atoms with Crippen molar-refractivity contribution in [3.05, 3.63) is 63.6 Å². The van der Waals surface area contributed by atoms with Gasteiger partial charge in [-0.3, -0.25) is 13.8 Å². The Morgan fingerprint density at radius 3 is 1.70 bits per heavy atom. The quantitative estimate of drug-likeness (QED) is 0.758. The molecule has 8 heteroatoms. The molecule has 27 heavy (non-hydrogen) atoms. The largest absolute Gasteiger partial charge is 0.335 e. The monoisotopic (exact) mass is 424 g/mol. The summed E-state index contributed by atoms with van der Waals surface area (Å²) >= 11 is 11.9. The lowest BCUT2D eigenvalue weighted by molar-refractivity contribution is 0.0535. The van der Waals surface area contributed by atoms with Gasteiger partial charge in [-0.2, -0.15) is 0 Å². The molecule has 0 bridgehead atoms. The lowest BCUT2D eigenvalue weighted by Crippen LogP contribution is -2.50. The molecule has 1 fully saturated rings. The maximum absolute atomic E-state index is 12.6.